The molecule has 1 aliphatic rings. The van der Waals surface area contributed by atoms with Crippen LogP contribution in [0.15, 0.2) is 18.2 Å². The number of hydrogen-bond acceptors (Lipinski definition) is 3. The molecule has 0 radical (unpaired) electrons. The molecule has 2 unspecified atom stereocenters. The van der Waals surface area contributed by atoms with Crippen molar-refractivity contribution < 1.29 is 4.39 Å². The maximum absolute atomic E-state index is 13.2. The first-order chi connectivity index (χ1) is 8.06. The minimum Gasteiger partial charge on any atom is -0.397 e. The van der Waals surface area contributed by atoms with Crippen molar-refractivity contribution in [1.82, 2.24) is 4.90 Å². The highest BCUT2D eigenvalue weighted by atomic mass is 19.1. The van der Waals surface area contributed by atoms with Gasteiger partial charge in [0.05, 0.1) is 11.4 Å². The Bertz CT molecular complexity index is 394. The highest BCUT2D eigenvalue weighted by Crippen LogP contribution is 2.25. The molecule has 2 atom stereocenters. The summed E-state index contributed by atoms with van der Waals surface area (Å²) in [5, 5.41) is 3.37. The van der Waals surface area contributed by atoms with Gasteiger partial charge >= 0.3 is 0 Å². The minimum atomic E-state index is -0.248. The Morgan fingerprint density at radius 3 is 2.94 bits per heavy atom. The third-order valence-electron chi connectivity index (χ3n) is 3.46. The molecule has 0 spiro atoms. The minimum absolute atomic E-state index is 0.248. The van der Waals surface area contributed by atoms with E-state index in [2.05, 4.69) is 24.2 Å². The van der Waals surface area contributed by atoms with Crippen LogP contribution in [0.4, 0.5) is 15.8 Å². The van der Waals surface area contributed by atoms with E-state index in [9.17, 15) is 4.39 Å². The molecule has 4 heteroatoms. The quantitative estimate of drug-likeness (QED) is 0.774. The van der Waals surface area contributed by atoms with Gasteiger partial charge in [-0.2, -0.15) is 0 Å². The first-order valence-corrected chi connectivity index (χ1v) is 6.06. The van der Waals surface area contributed by atoms with Crippen molar-refractivity contribution in [2.45, 2.75) is 19.4 Å². The number of anilines is 2. The SMILES string of the molecule is CC1CN(C)CCC1Nc1cc(F)ccc1N. The van der Waals surface area contributed by atoms with Crippen LogP contribution in [-0.4, -0.2) is 31.1 Å². The van der Waals surface area contributed by atoms with Crippen LogP contribution in [0, 0.1) is 11.7 Å². The second-order valence-corrected chi connectivity index (χ2v) is 5.01. The van der Waals surface area contributed by atoms with Gasteiger partial charge in [-0.3, -0.25) is 0 Å². The lowest BCUT2D eigenvalue weighted by molar-refractivity contribution is 0.206. The topological polar surface area (TPSA) is 41.3 Å². The molecule has 0 aromatic heterocycles. The number of piperidine rings is 1. The van der Waals surface area contributed by atoms with Gasteiger partial charge in [0.15, 0.2) is 0 Å². The Labute approximate surface area is 102 Å². The summed E-state index contributed by atoms with van der Waals surface area (Å²) < 4.78 is 13.2. The van der Waals surface area contributed by atoms with Crippen LogP contribution in [0.2, 0.25) is 0 Å². The zero-order valence-corrected chi connectivity index (χ0v) is 10.4. The van der Waals surface area contributed by atoms with Gasteiger partial charge in [-0.1, -0.05) is 6.92 Å². The fourth-order valence-corrected chi connectivity index (χ4v) is 2.42. The average Bonchev–Trinajstić information content (AvgIpc) is 2.27. The zero-order chi connectivity index (χ0) is 12.4. The molecule has 1 fully saturated rings. The first kappa shape index (κ1) is 12.2. The normalized spacial score (nSPS) is 25.8. The van der Waals surface area contributed by atoms with Crippen molar-refractivity contribution in [2.24, 2.45) is 5.92 Å². The first-order valence-electron chi connectivity index (χ1n) is 6.06. The number of nitrogens with zero attached hydrogens (tertiary/aromatic N) is 1. The summed E-state index contributed by atoms with van der Waals surface area (Å²) in [5.41, 5.74) is 7.16. The number of hydrogen-bond donors (Lipinski definition) is 2. The smallest absolute Gasteiger partial charge is 0.125 e. The standard InChI is InChI=1S/C13H20FN3/c1-9-8-17(2)6-5-12(9)16-13-7-10(14)3-4-11(13)15/h3-4,7,9,12,16H,5-6,8,15H2,1-2H3. The Morgan fingerprint density at radius 2 is 2.24 bits per heavy atom. The number of halogens is 1. The third kappa shape index (κ3) is 2.88. The summed E-state index contributed by atoms with van der Waals surface area (Å²) in [6.45, 7) is 4.34. The molecule has 0 aliphatic carbocycles. The van der Waals surface area contributed by atoms with E-state index in [-0.39, 0.29) is 5.82 Å². The van der Waals surface area contributed by atoms with Gasteiger partial charge in [-0.05, 0) is 44.1 Å². The van der Waals surface area contributed by atoms with Crippen LogP contribution in [0.25, 0.3) is 0 Å². The van der Waals surface area contributed by atoms with Crippen molar-refractivity contribution >= 4 is 11.4 Å². The molecule has 3 nitrogen and oxygen atoms in total. The van der Waals surface area contributed by atoms with E-state index in [4.69, 9.17) is 5.73 Å². The summed E-state index contributed by atoms with van der Waals surface area (Å²) >= 11 is 0. The predicted molar refractivity (Wildman–Crippen MR) is 69.5 cm³/mol. The molecule has 94 valence electrons. The number of benzene rings is 1. The van der Waals surface area contributed by atoms with E-state index < -0.39 is 0 Å². The van der Waals surface area contributed by atoms with Gasteiger partial charge < -0.3 is 16.0 Å². The molecule has 0 saturated carbocycles. The van der Waals surface area contributed by atoms with Crippen LogP contribution in [0.5, 0.6) is 0 Å². The lowest BCUT2D eigenvalue weighted by Crippen LogP contribution is -2.43. The van der Waals surface area contributed by atoms with Crippen LogP contribution in [-0.2, 0) is 0 Å². The van der Waals surface area contributed by atoms with E-state index in [1.54, 1.807) is 6.07 Å². The maximum Gasteiger partial charge on any atom is 0.125 e. The molecule has 1 aromatic carbocycles. The van der Waals surface area contributed by atoms with Crippen LogP contribution in [0.3, 0.4) is 0 Å². The summed E-state index contributed by atoms with van der Waals surface area (Å²) in [6, 6.07) is 4.84. The lowest BCUT2D eigenvalue weighted by Gasteiger charge is -2.36. The van der Waals surface area contributed by atoms with Gasteiger partial charge in [-0.15, -0.1) is 0 Å². The van der Waals surface area contributed by atoms with E-state index in [1.165, 1.54) is 12.1 Å². The Balaban J connectivity index is 2.07. The summed E-state index contributed by atoms with van der Waals surface area (Å²) in [4.78, 5) is 2.32. The third-order valence-corrected chi connectivity index (χ3v) is 3.46. The van der Waals surface area contributed by atoms with E-state index in [0.717, 1.165) is 19.5 Å². The lowest BCUT2D eigenvalue weighted by atomic mass is 9.94. The molecule has 1 aromatic rings. The summed E-state index contributed by atoms with van der Waals surface area (Å²) in [6.07, 6.45) is 1.06. The number of likely N-dealkylation sites (tertiary alicyclic amines) is 1. The highest BCUT2D eigenvalue weighted by Gasteiger charge is 2.24. The number of rotatable bonds is 2. The monoisotopic (exact) mass is 237 g/mol. The Hall–Kier alpha value is -1.29. The summed E-state index contributed by atoms with van der Waals surface area (Å²) in [7, 11) is 2.13. The second kappa shape index (κ2) is 4.92. The fourth-order valence-electron chi connectivity index (χ4n) is 2.42. The van der Waals surface area contributed by atoms with E-state index in [0.29, 0.717) is 23.3 Å². The number of nitrogens with two attached hydrogens (primary N) is 1. The molecule has 3 N–H and O–H groups in total. The zero-order valence-electron chi connectivity index (χ0n) is 10.4. The number of nitrogens with one attached hydrogen (secondary N) is 1. The molecule has 1 saturated heterocycles. The van der Waals surface area contributed by atoms with Crippen molar-refractivity contribution in [3.05, 3.63) is 24.0 Å². The van der Waals surface area contributed by atoms with Crippen molar-refractivity contribution in [3.8, 4) is 0 Å². The van der Waals surface area contributed by atoms with Crippen molar-refractivity contribution in [2.75, 3.05) is 31.2 Å². The van der Waals surface area contributed by atoms with Crippen LogP contribution < -0.4 is 11.1 Å². The Morgan fingerprint density at radius 1 is 1.47 bits per heavy atom. The van der Waals surface area contributed by atoms with Crippen molar-refractivity contribution in [1.29, 1.82) is 0 Å². The van der Waals surface area contributed by atoms with E-state index in [1.807, 2.05) is 0 Å². The van der Waals surface area contributed by atoms with Crippen LogP contribution in [0.1, 0.15) is 13.3 Å². The van der Waals surface area contributed by atoms with Gasteiger partial charge in [0.2, 0.25) is 0 Å². The predicted octanol–water partition coefficient (Wildman–Crippen LogP) is 2.16. The molecule has 1 heterocycles. The van der Waals surface area contributed by atoms with Gasteiger partial charge in [0, 0.05) is 12.6 Å². The maximum atomic E-state index is 13.2. The molecule has 0 bridgehead atoms. The largest absolute Gasteiger partial charge is 0.397 e. The number of nitrogen functional groups attached to an aromatic ring is 1. The second-order valence-electron chi connectivity index (χ2n) is 5.01. The van der Waals surface area contributed by atoms with Gasteiger partial charge in [0.25, 0.3) is 0 Å². The van der Waals surface area contributed by atoms with Gasteiger partial charge in [0.1, 0.15) is 5.82 Å². The molecule has 1 aliphatic heterocycles. The summed E-state index contributed by atoms with van der Waals surface area (Å²) in [5.74, 6) is 0.290. The molecule has 2 rings (SSSR count). The van der Waals surface area contributed by atoms with Crippen LogP contribution >= 0.6 is 0 Å². The molecular weight excluding hydrogens is 217 g/mol. The van der Waals surface area contributed by atoms with E-state index >= 15 is 0 Å². The van der Waals surface area contributed by atoms with Crippen molar-refractivity contribution in [3.63, 3.8) is 0 Å². The molecule has 0 amide bonds. The van der Waals surface area contributed by atoms with Gasteiger partial charge in [-0.25, -0.2) is 4.39 Å². The average molecular weight is 237 g/mol. The molecule has 17 heavy (non-hydrogen) atoms. The fraction of sp³-hybridized carbons (Fsp3) is 0.538. The Kier molecular flexibility index (Phi) is 3.52. The molecular formula is C13H20FN3. The highest BCUT2D eigenvalue weighted by molar-refractivity contribution is 5.66.